The Morgan fingerprint density at radius 2 is 1.81 bits per heavy atom. The summed E-state index contributed by atoms with van der Waals surface area (Å²) < 4.78 is 12.9. The van der Waals surface area contributed by atoms with Gasteiger partial charge in [-0.05, 0) is 30.7 Å². The molecule has 2 N–H and O–H groups in total. The lowest BCUT2D eigenvalue weighted by Gasteiger charge is -2.07. The zero-order chi connectivity index (χ0) is 18.5. The summed E-state index contributed by atoms with van der Waals surface area (Å²) >= 11 is 7.73. The highest BCUT2D eigenvalue weighted by Crippen LogP contribution is 2.32. The summed E-state index contributed by atoms with van der Waals surface area (Å²) in [6.45, 7) is 2.62. The third kappa shape index (κ3) is 4.59. The lowest BCUT2D eigenvalue weighted by molar-refractivity contribution is 0.240. The van der Waals surface area contributed by atoms with E-state index in [0.29, 0.717) is 18.1 Å². The van der Waals surface area contributed by atoms with Crippen molar-refractivity contribution in [1.82, 2.24) is 15.6 Å². The Bertz CT molecular complexity index is 911. The van der Waals surface area contributed by atoms with Gasteiger partial charge >= 0.3 is 6.03 Å². The van der Waals surface area contributed by atoms with Crippen LogP contribution in [0.4, 0.5) is 9.18 Å². The summed E-state index contributed by atoms with van der Waals surface area (Å²) in [6.07, 6.45) is 0. The minimum Gasteiger partial charge on any atom is -0.334 e. The van der Waals surface area contributed by atoms with Crippen LogP contribution < -0.4 is 10.6 Å². The van der Waals surface area contributed by atoms with Gasteiger partial charge in [0.1, 0.15) is 10.8 Å². The van der Waals surface area contributed by atoms with Gasteiger partial charge in [0.15, 0.2) is 0 Å². The highest BCUT2D eigenvalue weighted by molar-refractivity contribution is 7.15. The molecule has 26 heavy (non-hydrogen) atoms. The van der Waals surface area contributed by atoms with Crippen LogP contribution >= 0.6 is 22.9 Å². The molecule has 0 unspecified atom stereocenters. The van der Waals surface area contributed by atoms with E-state index in [2.05, 4.69) is 15.6 Å². The summed E-state index contributed by atoms with van der Waals surface area (Å²) in [5.74, 6) is -0.298. The van der Waals surface area contributed by atoms with Gasteiger partial charge in [-0.2, -0.15) is 0 Å². The molecule has 3 rings (SSSR count). The molecular formula is C19H17ClFN3OS. The molecule has 1 aromatic heterocycles. The number of carbonyl (C=O) groups excluding carboxylic acids is 1. The average molecular weight is 390 g/mol. The second kappa shape index (κ2) is 8.29. The first-order valence-electron chi connectivity index (χ1n) is 8.00. The molecule has 0 saturated carbocycles. The Morgan fingerprint density at radius 1 is 1.12 bits per heavy atom. The van der Waals surface area contributed by atoms with Gasteiger partial charge in [-0.3, -0.25) is 0 Å². The molecule has 1 heterocycles. The van der Waals surface area contributed by atoms with Gasteiger partial charge in [0.05, 0.1) is 17.3 Å². The summed E-state index contributed by atoms with van der Waals surface area (Å²) in [6, 6.07) is 13.3. The molecule has 0 atom stereocenters. The first kappa shape index (κ1) is 18.4. The second-order valence-electron chi connectivity index (χ2n) is 5.67. The number of urea groups is 1. The highest BCUT2D eigenvalue weighted by atomic mass is 35.5. The summed E-state index contributed by atoms with van der Waals surface area (Å²) in [4.78, 5) is 17.5. The first-order valence-corrected chi connectivity index (χ1v) is 9.19. The van der Waals surface area contributed by atoms with Crippen molar-refractivity contribution in [2.24, 2.45) is 0 Å². The molecule has 4 nitrogen and oxygen atoms in total. The van der Waals surface area contributed by atoms with Gasteiger partial charge in [0, 0.05) is 17.0 Å². The zero-order valence-corrected chi connectivity index (χ0v) is 15.6. The Morgan fingerprint density at radius 3 is 2.54 bits per heavy atom. The minimum atomic E-state index is -0.298. The number of hydrogen-bond donors (Lipinski definition) is 2. The highest BCUT2D eigenvalue weighted by Gasteiger charge is 2.12. The van der Waals surface area contributed by atoms with E-state index in [9.17, 15) is 9.18 Å². The molecule has 0 aliphatic heterocycles. The van der Waals surface area contributed by atoms with Crippen molar-refractivity contribution in [2.75, 3.05) is 0 Å². The quantitative estimate of drug-likeness (QED) is 0.651. The lowest BCUT2D eigenvalue weighted by Crippen LogP contribution is -2.34. The van der Waals surface area contributed by atoms with E-state index >= 15 is 0 Å². The van der Waals surface area contributed by atoms with E-state index in [0.717, 1.165) is 26.7 Å². The first-order chi connectivity index (χ1) is 12.5. The van der Waals surface area contributed by atoms with Crippen LogP contribution in [-0.2, 0) is 13.1 Å². The molecule has 2 amide bonds. The third-order valence-corrected chi connectivity index (χ3v) is 5.29. The fourth-order valence-corrected chi connectivity index (χ4v) is 3.67. The molecule has 0 radical (unpaired) electrons. The summed E-state index contributed by atoms with van der Waals surface area (Å²) in [5, 5.41) is 7.04. The van der Waals surface area contributed by atoms with Crippen molar-refractivity contribution in [3.63, 3.8) is 0 Å². The number of carbonyl (C=O) groups is 1. The van der Waals surface area contributed by atoms with Crippen LogP contribution in [0.5, 0.6) is 0 Å². The number of amides is 2. The predicted octanol–water partition coefficient (Wildman–Crippen LogP) is 4.91. The maximum Gasteiger partial charge on any atom is 0.315 e. The van der Waals surface area contributed by atoms with Crippen LogP contribution in [0.2, 0.25) is 5.02 Å². The zero-order valence-electron chi connectivity index (χ0n) is 14.1. The van der Waals surface area contributed by atoms with Crippen molar-refractivity contribution in [2.45, 2.75) is 20.0 Å². The van der Waals surface area contributed by atoms with Crippen molar-refractivity contribution in [3.8, 4) is 10.6 Å². The van der Waals surface area contributed by atoms with Crippen LogP contribution in [0, 0.1) is 12.7 Å². The molecule has 0 aliphatic rings. The maximum absolute atomic E-state index is 12.9. The molecule has 0 aliphatic carbocycles. The predicted molar refractivity (Wildman–Crippen MR) is 103 cm³/mol. The van der Waals surface area contributed by atoms with Crippen LogP contribution in [0.25, 0.3) is 10.6 Å². The maximum atomic E-state index is 12.9. The number of aromatic nitrogens is 1. The fourth-order valence-electron chi connectivity index (χ4n) is 2.35. The topological polar surface area (TPSA) is 54.0 Å². The normalized spacial score (nSPS) is 10.6. The molecule has 7 heteroatoms. The van der Waals surface area contributed by atoms with Crippen molar-refractivity contribution in [1.29, 1.82) is 0 Å². The van der Waals surface area contributed by atoms with Gasteiger partial charge < -0.3 is 10.6 Å². The number of halogens is 2. The van der Waals surface area contributed by atoms with Crippen LogP contribution in [0.3, 0.4) is 0 Å². The van der Waals surface area contributed by atoms with Gasteiger partial charge in [-0.15, -0.1) is 11.3 Å². The number of nitrogens with zero attached hydrogens (tertiary/aromatic N) is 1. The Hall–Kier alpha value is -2.44. The van der Waals surface area contributed by atoms with Crippen LogP contribution in [0.15, 0.2) is 48.5 Å². The van der Waals surface area contributed by atoms with Gasteiger partial charge in [-0.25, -0.2) is 14.2 Å². The van der Waals surface area contributed by atoms with Gasteiger partial charge in [-0.1, -0.05) is 41.9 Å². The number of thiazole rings is 1. The monoisotopic (exact) mass is 389 g/mol. The van der Waals surface area contributed by atoms with E-state index < -0.39 is 0 Å². The molecule has 134 valence electrons. The van der Waals surface area contributed by atoms with Gasteiger partial charge in [0.25, 0.3) is 0 Å². The number of rotatable bonds is 5. The SMILES string of the molecule is Cc1nc(-c2ccccc2Cl)sc1CNC(=O)NCc1ccc(F)cc1. The van der Waals surface area contributed by atoms with E-state index in [1.54, 1.807) is 12.1 Å². The Balaban J connectivity index is 1.57. The molecule has 2 aromatic carbocycles. The van der Waals surface area contributed by atoms with E-state index in [4.69, 9.17) is 11.6 Å². The standard InChI is InChI=1S/C19H17ClFN3OS/c1-12-17(26-18(24-12)15-4-2-3-5-16(15)20)11-23-19(25)22-10-13-6-8-14(21)9-7-13/h2-9H,10-11H2,1H3,(H2,22,23,25). The summed E-state index contributed by atoms with van der Waals surface area (Å²) in [5.41, 5.74) is 2.58. The second-order valence-corrected chi connectivity index (χ2v) is 7.16. The third-order valence-electron chi connectivity index (χ3n) is 3.77. The Kier molecular flexibility index (Phi) is 5.85. The van der Waals surface area contributed by atoms with E-state index in [1.165, 1.54) is 23.5 Å². The van der Waals surface area contributed by atoms with E-state index in [-0.39, 0.29) is 11.8 Å². The Labute approximate surface area is 160 Å². The lowest BCUT2D eigenvalue weighted by atomic mass is 10.2. The average Bonchev–Trinajstić information content (AvgIpc) is 3.00. The molecular weight excluding hydrogens is 373 g/mol. The van der Waals surface area contributed by atoms with Crippen molar-refractivity contribution >= 4 is 29.0 Å². The fraction of sp³-hybridized carbons (Fsp3) is 0.158. The molecule has 3 aromatic rings. The molecule has 0 fully saturated rings. The largest absolute Gasteiger partial charge is 0.334 e. The van der Waals surface area contributed by atoms with Gasteiger partial charge in [0.2, 0.25) is 0 Å². The molecule has 0 saturated heterocycles. The number of benzene rings is 2. The molecule has 0 spiro atoms. The number of hydrogen-bond acceptors (Lipinski definition) is 3. The minimum absolute atomic E-state index is 0.290. The van der Waals surface area contributed by atoms with E-state index in [1.807, 2.05) is 31.2 Å². The number of aryl methyl sites for hydroxylation is 1. The number of nitrogens with one attached hydrogen (secondary N) is 2. The molecule has 0 bridgehead atoms. The van der Waals surface area contributed by atoms with Crippen molar-refractivity contribution in [3.05, 3.63) is 75.5 Å². The smallest absolute Gasteiger partial charge is 0.315 e. The summed E-state index contributed by atoms with van der Waals surface area (Å²) in [7, 11) is 0. The van der Waals surface area contributed by atoms with Crippen LogP contribution in [-0.4, -0.2) is 11.0 Å². The van der Waals surface area contributed by atoms with Crippen LogP contribution in [0.1, 0.15) is 16.1 Å². The van der Waals surface area contributed by atoms with Crippen molar-refractivity contribution < 1.29 is 9.18 Å².